The zero-order valence-corrected chi connectivity index (χ0v) is 35.6. The van der Waals surface area contributed by atoms with Gasteiger partial charge in [-0.1, -0.05) is 44.3 Å². The molecule has 1 aromatic rings. The van der Waals surface area contributed by atoms with Gasteiger partial charge in [-0.15, -0.1) is 0 Å². The number of hydrogen-bond acceptors (Lipinski definition) is 8. The Hall–Kier alpha value is -4.26. The number of allylic oxidation sites excluding steroid dienone is 2. The van der Waals surface area contributed by atoms with E-state index in [0.29, 0.717) is 61.2 Å². The van der Waals surface area contributed by atoms with Crippen molar-refractivity contribution in [3.05, 3.63) is 52.8 Å². The highest BCUT2D eigenvalue weighted by Crippen LogP contribution is 2.61. The minimum Gasteiger partial charge on any atom is -0.618 e. The lowest BCUT2D eigenvalue weighted by Crippen LogP contribution is -2.83. The molecule has 12 nitrogen and oxygen atoms in total. The van der Waals surface area contributed by atoms with Crippen molar-refractivity contribution in [1.82, 2.24) is 20.9 Å². The van der Waals surface area contributed by atoms with Crippen LogP contribution in [0.4, 0.5) is 10.5 Å². The van der Waals surface area contributed by atoms with Crippen LogP contribution in [0.15, 0.2) is 36.4 Å². The van der Waals surface area contributed by atoms with Gasteiger partial charge in [0.2, 0.25) is 17.3 Å². The van der Waals surface area contributed by atoms with Crippen LogP contribution < -0.4 is 20.7 Å². The van der Waals surface area contributed by atoms with E-state index < -0.39 is 22.1 Å². The van der Waals surface area contributed by atoms with E-state index in [0.717, 1.165) is 91.4 Å². The Bertz CT molecular complexity index is 2060. The summed E-state index contributed by atoms with van der Waals surface area (Å²) in [4.78, 5) is 53.2. The Morgan fingerprint density at radius 1 is 1.05 bits per heavy atom. The summed E-state index contributed by atoms with van der Waals surface area (Å²) in [6, 6.07) is 4.29. The van der Waals surface area contributed by atoms with Crippen LogP contribution in [0.1, 0.15) is 128 Å². The van der Waals surface area contributed by atoms with E-state index in [-0.39, 0.29) is 41.8 Å². The fourth-order valence-electron chi connectivity index (χ4n) is 11.5. The van der Waals surface area contributed by atoms with Gasteiger partial charge >= 0.3 is 12.0 Å². The number of benzene rings is 1. The molecule has 2 spiro atoms. The SMILES string of the molecule is CC1(C/C=C/CCCCCCCCOC(=O)CCCC[C@@H]2SC[C@@H]3NC(=O)N[C@@H]32)C=Cc2c(ccc3c2[N+]([O-])=C2C3=C[C@]34NC(=O)[C@@]5(CCCN5C3=O)C[C@@H]4C2(C)C)O1. The van der Waals surface area contributed by atoms with Crippen molar-refractivity contribution >= 4 is 58.6 Å². The van der Waals surface area contributed by atoms with Gasteiger partial charge < -0.3 is 35.5 Å². The number of unbranched alkanes of at least 4 members (excludes halogenated alkanes) is 7. The van der Waals surface area contributed by atoms with Crippen LogP contribution in [0, 0.1) is 16.5 Å². The van der Waals surface area contributed by atoms with E-state index in [2.05, 4.69) is 54.9 Å². The molecule has 10 rings (SSSR count). The van der Waals surface area contributed by atoms with Crippen molar-refractivity contribution in [3.8, 4) is 5.75 Å². The van der Waals surface area contributed by atoms with Crippen molar-refractivity contribution in [3.63, 3.8) is 0 Å². The summed E-state index contributed by atoms with van der Waals surface area (Å²) in [6.07, 6.45) is 24.0. The zero-order chi connectivity index (χ0) is 41.2. The number of nitrogens with zero attached hydrogens (tertiary/aromatic N) is 2. The summed E-state index contributed by atoms with van der Waals surface area (Å²) in [5, 5.41) is 24.0. The Morgan fingerprint density at radius 3 is 2.71 bits per heavy atom. The van der Waals surface area contributed by atoms with E-state index >= 15 is 0 Å². The molecule has 1 unspecified atom stereocenters. The first-order chi connectivity index (χ1) is 28.4. The number of ether oxygens (including phenoxy) is 2. The average Bonchev–Trinajstić information content (AvgIpc) is 3.97. The number of carbonyl (C=O) groups excluding carboxylic acids is 4. The molecule has 2 bridgehead atoms. The molecule has 316 valence electrons. The summed E-state index contributed by atoms with van der Waals surface area (Å²) in [5.74, 6) is 1.21. The van der Waals surface area contributed by atoms with Gasteiger partial charge in [0.05, 0.1) is 40.8 Å². The predicted molar refractivity (Wildman–Crippen MR) is 228 cm³/mol. The maximum Gasteiger partial charge on any atom is 0.315 e. The number of carbonyl (C=O) groups is 4. The van der Waals surface area contributed by atoms with Crippen LogP contribution in [0.3, 0.4) is 0 Å². The molecule has 8 aliphatic heterocycles. The molecule has 59 heavy (non-hydrogen) atoms. The van der Waals surface area contributed by atoms with Gasteiger partial charge in [0.15, 0.2) is 0 Å². The van der Waals surface area contributed by atoms with Crippen molar-refractivity contribution in [2.24, 2.45) is 11.3 Å². The van der Waals surface area contributed by atoms with Crippen LogP contribution in [-0.2, 0) is 19.1 Å². The van der Waals surface area contributed by atoms with Crippen LogP contribution in [0.25, 0.3) is 11.6 Å². The second-order valence-corrected chi connectivity index (χ2v) is 20.2. The molecule has 0 radical (unpaired) electrons. The van der Waals surface area contributed by atoms with Crippen molar-refractivity contribution in [2.45, 2.75) is 151 Å². The largest absolute Gasteiger partial charge is 0.618 e. The molecule has 6 saturated heterocycles. The molecular formula is C46H59N5O7S. The number of piperazine rings is 1. The fourth-order valence-corrected chi connectivity index (χ4v) is 13.0. The van der Waals surface area contributed by atoms with Gasteiger partial charge in [-0.2, -0.15) is 16.5 Å². The summed E-state index contributed by atoms with van der Waals surface area (Å²) < 4.78 is 13.1. The lowest BCUT2D eigenvalue weighted by molar-refractivity contribution is -0.362. The zero-order valence-electron chi connectivity index (χ0n) is 34.7. The Morgan fingerprint density at radius 2 is 1.86 bits per heavy atom. The second-order valence-electron chi connectivity index (χ2n) is 18.9. The minimum absolute atomic E-state index is 0.0372. The van der Waals surface area contributed by atoms with Gasteiger partial charge in [-0.25, -0.2) is 4.79 Å². The number of rotatable bonds is 16. The molecule has 8 heterocycles. The van der Waals surface area contributed by atoms with Crippen molar-refractivity contribution < 1.29 is 33.4 Å². The third kappa shape index (κ3) is 6.77. The van der Waals surface area contributed by atoms with Gasteiger partial charge in [-0.3, -0.25) is 14.4 Å². The van der Waals surface area contributed by atoms with E-state index in [1.165, 1.54) is 6.42 Å². The number of hydrogen-bond donors (Lipinski definition) is 3. The number of amides is 4. The Labute approximate surface area is 351 Å². The molecule has 13 heteroatoms. The minimum atomic E-state index is -1.16. The molecule has 7 atom stereocenters. The van der Waals surface area contributed by atoms with Gasteiger partial charge in [0.25, 0.3) is 5.91 Å². The smallest absolute Gasteiger partial charge is 0.315 e. The predicted octanol–water partition coefficient (Wildman–Crippen LogP) is 7.07. The van der Waals surface area contributed by atoms with Crippen molar-refractivity contribution in [1.29, 1.82) is 0 Å². The van der Waals surface area contributed by atoms with Gasteiger partial charge in [-0.05, 0) is 102 Å². The first-order valence-corrected chi connectivity index (χ1v) is 23.2. The molecule has 3 N–H and O–H groups in total. The number of esters is 1. The molecule has 6 fully saturated rings. The Balaban J connectivity index is 0.699. The fraction of sp³-hybridized carbons (Fsp3) is 0.630. The highest BCUT2D eigenvalue weighted by Gasteiger charge is 2.74. The van der Waals surface area contributed by atoms with E-state index in [1.54, 1.807) is 0 Å². The summed E-state index contributed by atoms with van der Waals surface area (Å²) in [6.45, 7) is 7.29. The summed E-state index contributed by atoms with van der Waals surface area (Å²) in [7, 11) is 0. The monoisotopic (exact) mass is 825 g/mol. The van der Waals surface area contributed by atoms with Crippen LogP contribution in [0.5, 0.6) is 5.75 Å². The number of nitrogens with one attached hydrogen (secondary N) is 3. The third-order valence-electron chi connectivity index (χ3n) is 14.6. The molecule has 4 amide bonds. The highest BCUT2D eigenvalue weighted by molar-refractivity contribution is 8.00. The Kier molecular flexibility index (Phi) is 10.4. The lowest BCUT2D eigenvalue weighted by Gasteiger charge is -2.62. The molecule has 0 saturated carbocycles. The third-order valence-corrected chi connectivity index (χ3v) is 16.1. The molecular weight excluding hydrogens is 767 g/mol. The van der Waals surface area contributed by atoms with Gasteiger partial charge in [0.1, 0.15) is 22.4 Å². The van der Waals surface area contributed by atoms with Gasteiger partial charge in [0, 0.05) is 36.3 Å². The first kappa shape index (κ1) is 40.2. The maximum absolute atomic E-state index is 14.4. The van der Waals surface area contributed by atoms with E-state index in [4.69, 9.17) is 9.47 Å². The van der Waals surface area contributed by atoms with E-state index in [1.807, 2.05) is 40.9 Å². The standard InChI is InChI=1S/C46H59N5O7S/c1-43(2)35-27-45-22-15-24-50(45)41(54)46(35,49-40(45)53)26-31-29-18-19-33-30(38(29)51(56)39(31)43)20-23-44(3,58-33)21-13-9-7-5-4-6-8-10-14-25-57-36(52)17-12-11-16-34-37-32(28-59-34)47-42(55)48-37/h9,13,18-20,23,26,32,34-35,37H,4-8,10-12,14-17,21-22,24-25,27-28H2,1-3H3,(H,49,53)(H2,47,48,55)/b13-9+/t32-,34-,35+,37-,44?,45+,46+/m0/s1. The molecule has 0 aromatic heterocycles. The summed E-state index contributed by atoms with van der Waals surface area (Å²) >= 11 is 1.91. The molecule has 1 aromatic carbocycles. The maximum atomic E-state index is 14.4. The normalized spacial score (nSPS) is 32.8. The van der Waals surface area contributed by atoms with Crippen LogP contribution in [-0.4, -0.2) is 92.1 Å². The number of piperidine rings is 2. The molecule has 9 aliphatic rings. The summed E-state index contributed by atoms with van der Waals surface area (Å²) in [5.41, 5.74) is 0.301. The first-order valence-electron chi connectivity index (χ1n) is 22.1. The average molecular weight is 826 g/mol. The second kappa shape index (κ2) is 15.3. The van der Waals surface area contributed by atoms with Crippen LogP contribution in [0.2, 0.25) is 0 Å². The molecule has 1 aliphatic carbocycles. The highest BCUT2D eigenvalue weighted by atomic mass is 32.2. The van der Waals surface area contributed by atoms with Crippen LogP contribution >= 0.6 is 11.8 Å². The number of fused-ring (bicyclic) bond motifs is 7. The number of urea groups is 1. The lowest BCUT2D eigenvalue weighted by atomic mass is 9.51. The number of thioether (sulfide) groups is 1. The topological polar surface area (TPSA) is 152 Å². The quantitative estimate of drug-likeness (QED) is 0.0400. The van der Waals surface area contributed by atoms with Crippen molar-refractivity contribution in [2.75, 3.05) is 18.9 Å². The van der Waals surface area contributed by atoms with E-state index in [9.17, 15) is 24.4 Å².